The van der Waals surface area contributed by atoms with Crippen molar-refractivity contribution >= 4 is 11.9 Å². The summed E-state index contributed by atoms with van der Waals surface area (Å²) in [4.78, 5) is 20.7. The molecule has 1 aromatic rings. The van der Waals surface area contributed by atoms with Crippen LogP contribution < -0.4 is 0 Å². The minimum atomic E-state index is -1.33. The van der Waals surface area contributed by atoms with Gasteiger partial charge in [-0.15, -0.1) is 0 Å². The first-order valence-corrected chi connectivity index (χ1v) is 3.23. The summed E-state index contributed by atoms with van der Waals surface area (Å²) >= 11 is 0. The van der Waals surface area contributed by atoms with Crippen LogP contribution in [0.4, 0.5) is 0 Å². The van der Waals surface area contributed by atoms with Crippen molar-refractivity contribution in [2.24, 2.45) is 0 Å². The van der Waals surface area contributed by atoms with Crippen molar-refractivity contribution in [1.29, 1.82) is 0 Å². The molecule has 0 saturated heterocycles. The molecular formula is C8H5O5. The standard InChI is InChI=1S/C8H5O5/c9-6-3-4(7(10)11)1-2-5(6)8(12)13/h2-3,9H,(H,10,11)(H,12,13). The van der Waals surface area contributed by atoms with E-state index in [-0.39, 0.29) is 11.1 Å². The molecule has 0 aliphatic heterocycles. The minimum absolute atomic E-state index is 0.275. The van der Waals surface area contributed by atoms with Gasteiger partial charge in [0.2, 0.25) is 0 Å². The van der Waals surface area contributed by atoms with E-state index in [9.17, 15) is 9.59 Å². The third kappa shape index (κ3) is 1.76. The number of hydrogen-bond donors (Lipinski definition) is 3. The van der Waals surface area contributed by atoms with Gasteiger partial charge >= 0.3 is 11.9 Å². The van der Waals surface area contributed by atoms with Gasteiger partial charge in [0.15, 0.2) is 0 Å². The lowest BCUT2D eigenvalue weighted by Gasteiger charge is -1.99. The summed E-state index contributed by atoms with van der Waals surface area (Å²) < 4.78 is 0. The molecule has 1 aromatic carbocycles. The summed E-state index contributed by atoms with van der Waals surface area (Å²) in [5, 5.41) is 26.0. The zero-order valence-electron chi connectivity index (χ0n) is 6.31. The van der Waals surface area contributed by atoms with Crippen LogP contribution in [0.3, 0.4) is 0 Å². The quantitative estimate of drug-likeness (QED) is 0.620. The van der Waals surface area contributed by atoms with E-state index in [4.69, 9.17) is 15.3 Å². The molecule has 0 bridgehead atoms. The van der Waals surface area contributed by atoms with E-state index < -0.39 is 17.7 Å². The van der Waals surface area contributed by atoms with Gasteiger partial charge in [-0.1, -0.05) is 0 Å². The molecule has 0 aromatic heterocycles. The summed E-state index contributed by atoms with van der Waals surface area (Å²) in [6.07, 6.45) is 0. The number of aromatic carboxylic acids is 2. The molecule has 0 aliphatic carbocycles. The van der Waals surface area contributed by atoms with Crippen molar-refractivity contribution in [1.82, 2.24) is 0 Å². The zero-order valence-corrected chi connectivity index (χ0v) is 6.31. The van der Waals surface area contributed by atoms with Crippen molar-refractivity contribution in [3.8, 4) is 5.75 Å². The van der Waals surface area contributed by atoms with E-state index in [2.05, 4.69) is 6.07 Å². The van der Waals surface area contributed by atoms with Gasteiger partial charge in [0, 0.05) is 0 Å². The summed E-state index contributed by atoms with van der Waals surface area (Å²) in [5.74, 6) is -3.18. The smallest absolute Gasteiger partial charge is 0.339 e. The Balaban J connectivity index is 3.20. The Morgan fingerprint density at radius 2 is 1.85 bits per heavy atom. The average molecular weight is 181 g/mol. The van der Waals surface area contributed by atoms with Gasteiger partial charge < -0.3 is 15.3 Å². The van der Waals surface area contributed by atoms with Crippen LogP contribution in [0.2, 0.25) is 0 Å². The third-order valence-electron chi connectivity index (χ3n) is 1.39. The summed E-state index contributed by atoms with van der Waals surface area (Å²) in [6, 6.07) is 3.98. The average Bonchev–Trinajstić information content (AvgIpc) is 2.03. The number of carboxylic acids is 2. The molecule has 0 atom stereocenters. The molecule has 0 unspecified atom stereocenters. The molecule has 0 spiro atoms. The number of hydrogen-bond acceptors (Lipinski definition) is 3. The number of rotatable bonds is 2. The molecule has 0 fully saturated rings. The first-order chi connectivity index (χ1) is 6.02. The van der Waals surface area contributed by atoms with Crippen LogP contribution in [0.1, 0.15) is 20.7 Å². The van der Waals surface area contributed by atoms with E-state index >= 15 is 0 Å². The van der Waals surface area contributed by atoms with E-state index in [1.54, 1.807) is 0 Å². The molecule has 0 saturated carbocycles. The molecule has 0 aliphatic rings. The lowest BCUT2D eigenvalue weighted by Crippen LogP contribution is -2.01. The van der Waals surface area contributed by atoms with Crippen LogP contribution in [0.15, 0.2) is 12.1 Å². The summed E-state index contributed by atoms with van der Waals surface area (Å²) in [5.41, 5.74) is -0.646. The molecule has 5 heteroatoms. The van der Waals surface area contributed by atoms with Crippen LogP contribution in [0.25, 0.3) is 0 Å². The van der Waals surface area contributed by atoms with Crippen LogP contribution >= 0.6 is 0 Å². The lowest BCUT2D eigenvalue weighted by atomic mass is 10.1. The Morgan fingerprint density at radius 3 is 2.23 bits per heavy atom. The zero-order chi connectivity index (χ0) is 10.0. The molecule has 13 heavy (non-hydrogen) atoms. The predicted molar refractivity (Wildman–Crippen MR) is 40.9 cm³/mol. The van der Waals surface area contributed by atoms with Gasteiger partial charge in [0.25, 0.3) is 0 Å². The second kappa shape index (κ2) is 3.14. The van der Waals surface area contributed by atoms with E-state index in [0.717, 1.165) is 12.1 Å². The molecule has 5 nitrogen and oxygen atoms in total. The molecule has 3 N–H and O–H groups in total. The highest BCUT2D eigenvalue weighted by Crippen LogP contribution is 2.18. The first kappa shape index (κ1) is 9.05. The molecule has 67 valence electrons. The SMILES string of the molecule is O=C(O)c1[c]cc(C(=O)O)c(O)c1. The van der Waals surface area contributed by atoms with E-state index in [1.807, 2.05) is 0 Å². The molecule has 1 rings (SSSR count). The topological polar surface area (TPSA) is 94.8 Å². The molecule has 0 heterocycles. The van der Waals surface area contributed by atoms with Crippen molar-refractivity contribution in [3.05, 3.63) is 29.3 Å². The highest BCUT2D eigenvalue weighted by molar-refractivity contribution is 5.94. The molecule has 0 amide bonds. The predicted octanol–water partition coefficient (Wildman–Crippen LogP) is 0.589. The number of benzene rings is 1. The molecule has 1 radical (unpaired) electrons. The van der Waals surface area contributed by atoms with Crippen LogP contribution in [-0.2, 0) is 0 Å². The fourth-order valence-corrected chi connectivity index (χ4v) is 0.775. The van der Waals surface area contributed by atoms with E-state index in [1.165, 1.54) is 0 Å². The van der Waals surface area contributed by atoms with Crippen molar-refractivity contribution < 1.29 is 24.9 Å². The van der Waals surface area contributed by atoms with Gasteiger partial charge in [-0.3, -0.25) is 0 Å². The molecular weight excluding hydrogens is 176 g/mol. The van der Waals surface area contributed by atoms with Gasteiger partial charge in [-0.05, 0) is 18.2 Å². The highest BCUT2D eigenvalue weighted by atomic mass is 16.4. The Bertz CT molecular complexity index is 369. The first-order valence-electron chi connectivity index (χ1n) is 3.23. The van der Waals surface area contributed by atoms with Crippen molar-refractivity contribution in [3.63, 3.8) is 0 Å². The fraction of sp³-hybridized carbons (Fsp3) is 0. The van der Waals surface area contributed by atoms with Gasteiger partial charge in [-0.2, -0.15) is 0 Å². The number of carbonyl (C=O) groups is 2. The van der Waals surface area contributed by atoms with Gasteiger partial charge in [0.1, 0.15) is 11.3 Å². The van der Waals surface area contributed by atoms with Gasteiger partial charge in [0.05, 0.1) is 5.56 Å². The third-order valence-corrected chi connectivity index (χ3v) is 1.39. The number of aromatic hydroxyl groups is 1. The Hall–Kier alpha value is -2.04. The van der Waals surface area contributed by atoms with Gasteiger partial charge in [-0.25, -0.2) is 9.59 Å². The Labute approximate surface area is 72.9 Å². The maximum Gasteiger partial charge on any atom is 0.339 e. The van der Waals surface area contributed by atoms with Crippen LogP contribution in [-0.4, -0.2) is 27.3 Å². The lowest BCUT2D eigenvalue weighted by molar-refractivity contribution is 0.0678. The maximum atomic E-state index is 10.4. The normalized spacial score (nSPS) is 9.54. The monoisotopic (exact) mass is 181 g/mol. The second-order valence-electron chi connectivity index (χ2n) is 2.26. The summed E-state index contributed by atoms with van der Waals surface area (Å²) in [6.45, 7) is 0. The van der Waals surface area contributed by atoms with E-state index in [0.29, 0.717) is 0 Å². The fourth-order valence-electron chi connectivity index (χ4n) is 0.775. The van der Waals surface area contributed by atoms with Crippen molar-refractivity contribution in [2.45, 2.75) is 0 Å². The maximum absolute atomic E-state index is 10.4. The van der Waals surface area contributed by atoms with Crippen molar-refractivity contribution in [2.75, 3.05) is 0 Å². The Kier molecular flexibility index (Phi) is 2.19. The van der Waals surface area contributed by atoms with Crippen LogP contribution in [0.5, 0.6) is 5.75 Å². The highest BCUT2D eigenvalue weighted by Gasteiger charge is 2.12. The largest absolute Gasteiger partial charge is 0.507 e. The minimum Gasteiger partial charge on any atom is -0.507 e. The summed E-state index contributed by atoms with van der Waals surface area (Å²) in [7, 11) is 0. The Morgan fingerprint density at radius 1 is 1.23 bits per heavy atom. The number of carboxylic acid groups (broad SMARTS) is 2. The van der Waals surface area contributed by atoms with Crippen LogP contribution in [0, 0.1) is 6.07 Å². The number of phenols is 1. The second-order valence-corrected chi connectivity index (χ2v) is 2.26.